The third kappa shape index (κ3) is 6.31. The molecular weight excluding hydrogens is 289 g/mol. The van der Waals surface area contributed by atoms with Crippen LogP contribution in [-0.2, 0) is 0 Å². The molecule has 0 aromatic heterocycles. The van der Waals surface area contributed by atoms with Crippen LogP contribution in [0.2, 0.25) is 0 Å². The predicted molar refractivity (Wildman–Crippen MR) is 46.1 cm³/mol. The summed E-state index contributed by atoms with van der Waals surface area (Å²) < 4.78 is 24.8. The minimum absolute atomic E-state index is 0.0390. The monoisotopic (exact) mass is 305 g/mol. The fourth-order valence-corrected chi connectivity index (χ4v) is 3.13. The zero-order valence-electron chi connectivity index (χ0n) is 8.29. The molecule has 0 amide bonds. The molecule has 2 nitrogen and oxygen atoms in total. The molecule has 1 atom stereocenters. The Kier molecular flexibility index (Phi) is 5.28. The van der Waals surface area contributed by atoms with Gasteiger partial charge >= 0.3 is 88.1 Å². The first-order valence-corrected chi connectivity index (χ1v) is 6.42. The van der Waals surface area contributed by atoms with Crippen molar-refractivity contribution in [3.63, 3.8) is 0 Å². The number of nitrogens with one attached hydrogen (secondary N) is 2. The van der Waals surface area contributed by atoms with Crippen molar-refractivity contribution < 1.29 is 30.0 Å². The summed E-state index contributed by atoms with van der Waals surface area (Å²) >= 11 is -0.902. The van der Waals surface area contributed by atoms with Crippen molar-refractivity contribution in [3.8, 4) is 0 Å². The molecule has 0 aromatic carbocycles. The van der Waals surface area contributed by atoms with E-state index in [4.69, 9.17) is 5.41 Å². The molecular formula is C8H16F2IN2-. The van der Waals surface area contributed by atoms with Crippen LogP contribution in [-0.4, -0.2) is 19.7 Å². The molecule has 0 aliphatic carbocycles. The van der Waals surface area contributed by atoms with Gasteiger partial charge in [-0.2, -0.15) is 0 Å². The first kappa shape index (κ1) is 13.2. The topological polar surface area (TPSA) is 35.9 Å². The minimum atomic E-state index is -2.93. The van der Waals surface area contributed by atoms with E-state index in [1.807, 2.05) is 20.8 Å². The van der Waals surface area contributed by atoms with Crippen LogP contribution >= 0.6 is 0 Å². The second kappa shape index (κ2) is 5.19. The van der Waals surface area contributed by atoms with Gasteiger partial charge in [-0.25, -0.2) is 0 Å². The summed E-state index contributed by atoms with van der Waals surface area (Å²) in [5, 5.41) is 10.3. The number of halogens is 3. The van der Waals surface area contributed by atoms with E-state index < -0.39 is 30.8 Å². The van der Waals surface area contributed by atoms with Crippen molar-refractivity contribution in [2.75, 3.05) is 0 Å². The fourth-order valence-electron chi connectivity index (χ4n) is 0.750. The normalized spacial score (nSPS) is 15.0. The van der Waals surface area contributed by atoms with Gasteiger partial charge in [-0.15, -0.1) is 0 Å². The van der Waals surface area contributed by atoms with Crippen molar-refractivity contribution in [3.05, 3.63) is 0 Å². The maximum absolute atomic E-state index is 12.6. The number of hydrogen-bond acceptors (Lipinski definition) is 2. The van der Waals surface area contributed by atoms with Gasteiger partial charge in [0.2, 0.25) is 0 Å². The van der Waals surface area contributed by atoms with Crippen LogP contribution in [0.3, 0.4) is 0 Å². The molecule has 5 heteroatoms. The summed E-state index contributed by atoms with van der Waals surface area (Å²) in [5.74, 6) is -2.93. The third-order valence-corrected chi connectivity index (χ3v) is 4.08. The summed E-state index contributed by atoms with van der Waals surface area (Å²) in [7, 11) is 0. The van der Waals surface area contributed by atoms with Gasteiger partial charge in [0, 0.05) is 0 Å². The molecule has 0 spiro atoms. The van der Waals surface area contributed by atoms with Crippen LogP contribution in [0.15, 0.2) is 0 Å². The van der Waals surface area contributed by atoms with Crippen LogP contribution < -0.4 is 26.5 Å². The van der Waals surface area contributed by atoms with Gasteiger partial charge in [0.05, 0.1) is 0 Å². The van der Waals surface area contributed by atoms with E-state index in [-0.39, 0.29) is 10.1 Å². The molecule has 0 radical (unpaired) electrons. The molecule has 2 N–H and O–H groups in total. The molecule has 0 heterocycles. The Bertz CT molecular complexity index is 177. The summed E-state index contributed by atoms with van der Waals surface area (Å²) in [6, 6.07) is 0.285. The number of alkyl halides is 3. The van der Waals surface area contributed by atoms with E-state index in [1.165, 1.54) is 0 Å². The molecule has 80 valence electrons. The van der Waals surface area contributed by atoms with Gasteiger partial charge in [0.1, 0.15) is 0 Å². The summed E-state index contributed by atoms with van der Waals surface area (Å²) in [6.45, 7) is 6.58. The van der Waals surface area contributed by atoms with Crippen LogP contribution in [0.4, 0.5) is 8.78 Å². The zero-order chi connectivity index (χ0) is 10.6. The van der Waals surface area contributed by atoms with Crippen LogP contribution in [0.1, 0.15) is 27.7 Å². The molecule has 1 unspecified atom stereocenters. The van der Waals surface area contributed by atoms with Crippen LogP contribution in [0, 0.1) is 5.41 Å². The number of hydrogen-bond donors (Lipinski definition) is 2. The molecule has 0 saturated heterocycles. The summed E-state index contributed by atoms with van der Waals surface area (Å²) in [5.41, 5.74) is 0. The first-order chi connectivity index (χ1) is 5.73. The Balaban J connectivity index is 3.93. The van der Waals surface area contributed by atoms with Gasteiger partial charge in [-0.1, -0.05) is 0 Å². The predicted octanol–water partition coefficient (Wildman–Crippen LogP) is -0.948. The molecule has 13 heavy (non-hydrogen) atoms. The van der Waals surface area contributed by atoms with E-state index in [0.29, 0.717) is 0 Å². The average molecular weight is 305 g/mol. The zero-order valence-corrected chi connectivity index (χ0v) is 10.4. The molecule has 0 aromatic rings. The average Bonchev–Trinajstić information content (AvgIpc) is 1.82. The maximum atomic E-state index is 12.6. The van der Waals surface area contributed by atoms with Crippen LogP contribution in [0.25, 0.3) is 0 Å². The molecule has 0 bridgehead atoms. The van der Waals surface area contributed by atoms with E-state index in [0.717, 1.165) is 6.92 Å². The van der Waals surface area contributed by atoms with Gasteiger partial charge in [0.25, 0.3) is 0 Å². The van der Waals surface area contributed by atoms with Crippen molar-refractivity contribution in [1.82, 2.24) is 5.32 Å². The van der Waals surface area contributed by atoms with Gasteiger partial charge in [-0.3, -0.25) is 0 Å². The molecule has 0 aliphatic heterocycles. The first-order valence-electron chi connectivity index (χ1n) is 4.09. The SMILES string of the molecule is CC(C)NC(C)[I-]C(=N)C(C)(F)F. The van der Waals surface area contributed by atoms with Gasteiger partial charge in [0.15, 0.2) is 0 Å². The van der Waals surface area contributed by atoms with Gasteiger partial charge in [-0.05, 0) is 0 Å². The summed E-state index contributed by atoms with van der Waals surface area (Å²) in [4.78, 5) is 0. The fraction of sp³-hybridized carbons (Fsp3) is 0.875. The van der Waals surface area contributed by atoms with E-state index in [9.17, 15) is 8.78 Å². The van der Waals surface area contributed by atoms with Crippen molar-refractivity contribution in [1.29, 1.82) is 5.41 Å². The van der Waals surface area contributed by atoms with Crippen molar-refractivity contribution in [2.24, 2.45) is 0 Å². The Morgan fingerprint density at radius 1 is 1.38 bits per heavy atom. The molecule has 0 fully saturated rings. The standard InChI is InChI=1S/C8H16F2IN2/c1-5(2)13-6(3)11-7(12)8(4,9)10/h5-6,12-13H,1-4H3/q-1. The van der Waals surface area contributed by atoms with Crippen LogP contribution in [0.5, 0.6) is 0 Å². The Morgan fingerprint density at radius 3 is 2.15 bits per heavy atom. The number of rotatable bonds is 5. The second-order valence-electron chi connectivity index (χ2n) is 3.25. The quantitative estimate of drug-likeness (QED) is 0.292. The van der Waals surface area contributed by atoms with Crippen molar-refractivity contribution >= 4 is 3.72 Å². The molecule has 0 aliphatic rings. The Labute approximate surface area is 88.2 Å². The van der Waals surface area contributed by atoms with Crippen molar-refractivity contribution in [2.45, 2.75) is 43.7 Å². The van der Waals surface area contributed by atoms with E-state index >= 15 is 0 Å². The van der Waals surface area contributed by atoms with Gasteiger partial charge < -0.3 is 0 Å². The summed E-state index contributed by atoms with van der Waals surface area (Å²) in [6.07, 6.45) is 0. The molecule has 0 saturated carbocycles. The van der Waals surface area contributed by atoms with E-state index in [1.54, 1.807) is 0 Å². The Hall–Kier alpha value is 0.220. The second-order valence-corrected chi connectivity index (χ2v) is 6.82. The molecule has 0 rings (SSSR count). The third-order valence-electron chi connectivity index (χ3n) is 1.22. The Morgan fingerprint density at radius 2 is 1.85 bits per heavy atom. The van der Waals surface area contributed by atoms with E-state index in [2.05, 4.69) is 5.32 Å².